The van der Waals surface area contributed by atoms with Gasteiger partial charge in [0.15, 0.2) is 0 Å². The van der Waals surface area contributed by atoms with Gasteiger partial charge in [-0.15, -0.1) is 0 Å². The minimum Gasteiger partial charge on any atom is -0.360 e. The van der Waals surface area contributed by atoms with E-state index in [1.165, 1.54) is 127 Å². The molecule has 39 heavy (non-hydrogen) atoms. The number of rotatable bonds is 24. The highest BCUT2D eigenvalue weighted by Crippen LogP contribution is 2.42. The second kappa shape index (κ2) is 20.3. The molecule has 2 rings (SSSR count). The Kier molecular flexibility index (Phi) is 17.5. The highest BCUT2D eigenvalue weighted by atomic mass is 16.5. The third-order valence-corrected chi connectivity index (χ3v) is 8.73. The fourth-order valence-electron chi connectivity index (χ4n) is 6.13. The fraction of sp³-hybridized carbons (Fsp3) is 0.684. The molecule has 0 spiro atoms. The zero-order valence-corrected chi connectivity index (χ0v) is 26.3. The first-order valence-corrected chi connectivity index (χ1v) is 16.9. The standard InChI is InChI=1S/C38H62O/c1-5-7-9-11-13-15-17-19-27-33-37(3,35-29-23-21-24-30-35)39-38(4,36-31-25-22-26-32-36)34-28-20-18-16-14-12-10-8-6-2/h21-26,29-32H,5-20,27-28,33-34H2,1-4H3. The molecule has 0 aliphatic heterocycles. The minimum absolute atomic E-state index is 0.285. The van der Waals surface area contributed by atoms with Gasteiger partial charge in [0.25, 0.3) is 0 Å². The van der Waals surface area contributed by atoms with E-state index in [0.717, 1.165) is 12.8 Å². The van der Waals surface area contributed by atoms with Gasteiger partial charge in [-0.2, -0.15) is 0 Å². The van der Waals surface area contributed by atoms with Crippen LogP contribution < -0.4 is 0 Å². The Morgan fingerprint density at radius 3 is 1.00 bits per heavy atom. The molecular formula is C38H62O. The molecule has 220 valence electrons. The van der Waals surface area contributed by atoms with Crippen molar-refractivity contribution in [1.82, 2.24) is 0 Å². The molecule has 0 amide bonds. The van der Waals surface area contributed by atoms with Crippen molar-refractivity contribution in [3.63, 3.8) is 0 Å². The van der Waals surface area contributed by atoms with Gasteiger partial charge < -0.3 is 4.74 Å². The fourth-order valence-corrected chi connectivity index (χ4v) is 6.13. The van der Waals surface area contributed by atoms with Crippen LogP contribution in [0.5, 0.6) is 0 Å². The van der Waals surface area contributed by atoms with Crippen LogP contribution in [0, 0.1) is 0 Å². The molecular weight excluding hydrogens is 472 g/mol. The van der Waals surface area contributed by atoms with Crippen LogP contribution >= 0.6 is 0 Å². The molecule has 0 fully saturated rings. The zero-order valence-electron chi connectivity index (χ0n) is 26.3. The van der Waals surface area contributed by atoms with Crippen molar-refractivity contribution in [2.75, 3.05) is 0 Å². The zero-order chi connectivity index (χ0) is 28.1. The van der Waals surface area contributed by atoms with Crippen molar-refractivity contribution in [3.8, 4) is 0 Å². The highest BCUT2D eigenvalue weighted by Gasteiger charge is 2.37. The summed E-state index contributed by atoms with van der Waals surface area (Å²) in [5, 5.41) is 0. The normalized spacial score (nSPS) is 14.7. The van der Waals surface area contributed by atoms with Gasteiger partial charge in [0.1, 0.15) is 0 Å². The highest BCUT2D eigenvalue weighted by molar-refractivity contribution is 5.25. The van der Waals surface area contributed by atoms with Gasteiger partial charge in [-0.25, -0.2) is 0 Å². The predicted octanol–water partition coefficient (Wildman–Crippen LogP) is 12.7. The lowest BCUT2D eigenvalue weighted by Gasteiger charge is -2.42. The van der Waals surface area contributed by atoms with Crippen molar-refractivity contribution < 1.29 is 4.74 Å². The lowest BCUT2D eigenvalue weighted by Crippen LogP contribution is -2.38. The molecule has 0 radical (unpaired) electrons. The van der Waals surface area contributed by atoms with Gasteiger partial charge in [0.05, 0.1) is 11.2 Å². The quantitative estimate of drug-likeness (QED) is 0.122. The van der Waals surface area contributed by atoms with Crippen molar-refractivity contribution in [2.24, 2.45) is 0 Å². The third kappa shape index (κ3) is 13.5. The summed E-state index contributed by atoms with van der Waals surface area (Å²) in [6, 6.07) is 22.1. The van der Waals surface area contributed by atoms with Crippen molar-refractivity contribution in [2.45, 2.75) is 167 Å². The second-order valence-corrected chi connectivity index (χ2v) is 12.5. The van der Waals surface area contributed by atoms with Gasteiger partial charge in [0.2, 0.25) is 0 Å². The number of benzene rings is 2. The molecule has 0 saturated heterocycles. The van der Waals surface area contributed by atoms with E-state index < -0.39 is 0 Å². The van der Waals surface area contributed by atoms with Gasteiger partial charge in [0, 0.05) is 0 Å². The molecule has 2 aromatic rings. The summed E-state index contributed by atoms with van der Waals surface area (Å²) in [6.45, 7) is 9.30. The van der Waals surface area contributed by atoms with E-state index >= 15 is 0 Å². The van der Waals surface area contributed by atoms with Crippen LogP contribution in [-0.4, -0.2) is 0 Å². The number of ether oxygens (including phenoxy) is 1. The molecule has 0 aliphatic carbocycles. The predicted molar refractivity (Wildman–Crippen MR) is 172 cm³/mol. The van der Waals surface area contributed by atoms with Gasteiger partial charge in [-0.3, -0.25) is 0 Å². The van der Waals surface area contributed by atoms with E-state index in [0.29, 0.717) is 0 Å². The van der Waals surface area contributed by atoms with E-state index in [1.807, 2.05) is 0 Å². The monoisotopic (exact) mass is 534 g/mol. The Bertz CT molecular complexity index is 746. The van der Waals surface area contributed by atoms with E-state index in [2.05, 4.69) is 88.4 Å². The lowest BCUT2D eigenvalue weighted by molar-refractivity contribution is -0.160. The molecule has 0 heterocycles. The van der Waals surface area contributed by atoms with E-state index in [1.54, 1.807) is 0 Å². The molecule has 0 aromatic heterocycles. The molecule has 1 heteroatoms. The van der Waals surface area contributed by atoms with Crippen molar-refractivity contribution in [1.29, 1.82) is 0 Å². The summed E-state index contributed by atoms with van der Waals surface area (Å²) in [5.41, 5.74) is 2.07. The number of unbranched alkanes of at least 4 members (excludes halogenated alkanes) is 16. The number of hydrogen-bond donors (Lipinski definition) is 0. The average molecular weight is 535 g/mol. The lowest BCUT2D eigenvalue weighted by atomic mass is 9.85. The SMILES string of the molecule is CCCCCCCCCCCC(C)(OC(C)(CCCCCCCCCCC)c1ccccc1)c1ccccc1. The van der Waals surface area contributed by atoms with Crippen LogP contribution in [0.2, 0.25) is 0 Å². The van der Waals surface area contributed by atoms with Crippen LogP contribution in [0.1, 0.15) is 167 Å². The van der Waals surface area contributed by atoms with Gasteiger partial charge >= 0.3 is 0 Å². The first-order chi connectivity index (χ1) is 19.0. The van der Waals surface area contributed by atoms with Gasteiger partial charge in [-0.1, -0.05) is 190 Å². The molecule has 2 aromatic carbocycles. The topological polar surface area (TPSA) is 9.23 Å². The molecule has 0 N–H and O–H groups in total. The van der Waals surface area contributed by atoms with Crippen LogP contribution in [0.15, 0.2) is 60.7 Å². The molecule has 0 aliphatic rings. The first-order valence-electron chi connectivity index (χ1n) is 16.9. The average Bonchev–Trinajstić information content (AvgIpc) is 2.96. The van der Waals surface area contributed by atoms with Crippen molar-refractivity contribution >= 4 is 0 Å². The summed E-state index contributed by atoms with van der Waals surface area (Å²) in [4.78, 5) is 0. The first kappa shape index (κ1) is 33.6. The van der Waals surface area contributed by atoms with Crippen LogP contribution in [-0.2, 0) is 15.9 Å². The Hall–Kier alpha value is -1.60. The van der Waals surface area contributed by atoms with Gasteiger partial charge in [-0.05, 0) is 37.8 Å². The van der Waals surface area contributed by atoms with E-state index in [9.17, 15) is 0 Å². The summed E-state index contributed by atoms with van der Waals surface area (Å²) >= 11 is 0. The molecule has 2 unspecified atom stereocenters. The third-order valence-electron chi connectivity index (χ3n) is 8.73. The molecule has 1 nitrogen and oxygen atoms in total. The van der Waals surface area contributed by atoms with Crippen LogP contribution in [0.25, 0.3) is 0 Å². The molecule has 2 atom stereocenters. The smallest absolute Gasteiger partial charge is 0.0915 e. The Labute approximate surface area is 243 Å². The maximum atomic E-state index is 7.34. The second-order valence-electron chi connectivity index (χ2n) is 12.5. The van der Waals surface area contributed by atoms with Crippen LogP contribution in [0.3, 0.4) is 0 Å². The summed E-state index contributed by atoms with van der Waals surface area (Å²) in [5.74, 6) is 0. The van der Waals surface area contributed by atoms with E-state index in [4.69, 9.17) is 4.74 Å². The van der Waals surface area contributed by atoms with E-state index in [-0.39, 0.29) is 11.2 Å². The van der Waals surface area contributed by atoms with Crippen LogP contribution in [0.4, 0.5) is 0 Å². The minimum atomic E-state index is -0.285. The maximum absolute atomic E-state index is 7.34. The molecule has 0 bridgehead atoms. The summed E-state index contributed by atoms with van der Waals surface area (Å²) < 4.78 is 7.34. The number of hydrogen-bond acceptors (Lipinski definition) is 1. The Balaban J connectivity index is 1.98. The summed E-state index contributed by atoms with van der Waals surface area (Å²) in [6.07, 6.45) is 26.6. The molecule has 0 saturated carbocycles. The van der Waals surface area contributed by atoms with Crippen molar-refractivity contribution in [3.05, 3.63) is 71.8 Å². The Morgan fingerprint density at radius 2 is 0.692 bits per heavy atom. The summed E-state index contributed by atoms with van der Waals surface area (Å²) in [7, 11) is 0. The maximum Gasteiger partial charge on any atom is 0.0915 e. The largest absolute Gasteiger partial charge is 0.360 e. The Morgan fingerprint density at radius 1 is 0.410 bits per heavy atom.